The molecular weight excluding hydrogens is 501 g/mol. The summed E-state index contributed by atoms with van der Waals surface area (Å²) in [6.07, 6.45) is -13.0. The van der Waals surface area contributed by atoms with Crippen molar-refractivity contribution >= 4 is 28.5 Å². The summed E-state index contributed by atoms with van der Waals surface area (Å²) in [6.45, 7) is -2.11. The van der Waals surface area contributed by atoms with Crippen LogP contribution in [0.4, 0.5) is 0 Å². The predicted molar refractivity (Wildman–Crippen MR) is 94.5 cm³/mol. The second-order valence-corrected chi connectivity index (χ2v) is 7.56. The first-order valence-corrected chi connectivity index (χ1v) is 9.50. The van der Waals surface area contributed by atoms with Gasteiger partial charge in [-0.25, -0.2) is 0 Å². The number of primary amides is 1. The number of hydrogen-bond acceptors (Lipinski definition) is 12. The third kappa shape index (κ3) is 4.73. The Labute approximate surface area is 172 Å². The Kier molecular flexibility index (Phi) is 8.34. The Hall–Kier alpha value is -0.240. The van der Waals surface area contributed by atoms with Crippen molar-refractivity contribution in [1.82, 2.24) is 0 Å². The van der Waals surface area contributed by atoms with Gasteiger partial charge in [-0.3, -0.25) is 4.79 Å². The topological polar surface area (TPSA) is 222 Å². The van der Waals surface area contributed by atoms with Crippen molar-refractivity contribution in [3.63, 3.8) is 0 Å². The summed E-state index contributed by atoms with van der Waals surface area (Å²) in [7, 11) is 0. The minimum atomic E-state index is -2.27. The summed E-state index contributed by atoms with van der Waals surface area (Å²) in [5.41, 5.74) is 5.06. The van der Waals surface area contributed by atoms with E-state index in [1.165, 1.54) is 0 Å². The molecule has 2 aliphatic heterocycles. The van der Waals surface area contributed by atoms with E-state index in [4.69, 9.17) is 24.7 Å². The zero-order valence-corrected chi connectivity index (χ0v) is 16.6. The van der Waals surface area contributed by atoms with Gasteiger partial charge >= 0.3 is 0 Å². The number of hydrogen-bond donors (Lipinski definition) is 8. The second kappa shape index (κ2) is 9.71. The number of rotatable bonds is 8. The lowest BCUT2D eigenvalue weighted by atomic mass is 9.99. The molecule has 2 heterocycles. The maximum Gasteiger partial charge on any atom is 0.256 e. The highest BCUT2D eigenvalue weighted by Gasteiger charge is 2.58. The summed E-state index contributed by atoms with van der Waals surface area (Å²) in [6, 6.07) is 0. The number of ether oxygens (including phenoxy) is 4. The van der Waals surface area contributed by atoms with Crippen molar-refractivity contribution < 1.29 is 59.5 Å². The summed E-state index contributed by atoms with van der Waals surface area (Å²) in [5.74, 6) is -3.06. The third-order valence-electron chi connectivity index (χ3n) is 4.52. The molecular formula is C14H24INO12. The molecule has 13 nitrogen and oxygen atoms in total. The molecule has 0 aromatic heterocycles. The van der Waals surface area contributed by atoms with Crippen molar-refractivity contribution in [2.75, 3.05) is 19.8 Å². The number of aliphatic hydroxyl groups excluding tert-OH is 7. The number of nitrogens with two attached hydrogens (primary N) is 1. The van der Waals surface area contributed by atoms with Crippen LogP contribution in [0.1, 0.15) is 0 Å². The zero-order valence-electron chi connectivity index (χ0n) is 14.4. The van der Waals surface area contributed by atoms with Crippen LogP contribution >= 0.6 is 22.6 Å². The number of halogens is 1. The fourth-order valence-corrected chi connectivity index (χ4v) is 3.09. The molecule has 0 bridgehead atoms. The molecule has 2 aliphatic rings. The minimum Gasteiger partial charge on any atom is -0.394 e. The molecule has 2 fully saturated rings. The number of aliphatic hydroxyl groups is 7. The van der Waals surface area contributed by atoms with Gasteiger partial charge in [-0.1, -0.05) is 0 Å². The zero-order chi connectivity index (χ0) is 21.2. The lowest BCUT2D eigenvalue weighted by Crippen LogP contribution is -2.63. The second-order valence-electron chi connectivity index (χ2n) is 6.43. The van der Waals surface area contributed by atoms with Gasteiger partial charge in [0, 0.05) is 0 Å². The van der Waals surface area contributed by atoms with Crippen molar-refractivity contribution in [3.05, 3.63) is 0 Å². The molecule has 1 unspecified atom stereocenters. The normalized spacial score (nSPS) is 45.1. The summed E-state index contributed by atoms with van der Waals surface area (Å²) in [5, 5.41) is 69.1. The lowest BCUT2D eigenvalue weighted by Gasteiger charge is -2.43. The number of carbonyl (C=O) groups excluding carboxylic acids is 1. The number of alkyl halides is 1. The molecule has 14 heteroatoms. The molecule has 1 amide bonds. The Morgan fingerprint density at radius 1 is 1.07 bits per heavy atom. The smallest absolute Gasteiger partial charge is 0.256 e. The van der Waals surface area contributed by atoms with E-state index < -0.39 is 84.6 Å². The average molecular weight is 525 g/mol. The molecule has 0 aliphatic carbocycles. The van der Waals surface area contributed by atoms with E-state index in [0.29, 0.717) is 0 Å². The van der Waals surface area contributed by atoms with Gasteiger partial charge < -0.3 is 60.4 Å². The molecule has 0 radical (unpaired) electrons. The van der Waals surface area contributed by atoms with Crippen LogP contribution in [-0.2, 0) is 23.7 Å². The summed E-state index contributed by atoms with van der Waals surface area (Å²) >= 11 is 1.59. The first-order chi connectivity index (χ1) is 13.1. The quantitative estimate of drug-likeness (QED) is 0.110. The molecule has 2 saturated heterocycles. The molecule has 2 rings (SSSR count). The van der Waals surface area contributed by atoms with E-state index in [2.05, 4.69) is 0 Å². The summed E-state index contributed by atoms with van der Waals surface area (Å²) in [4.78, 5) is 11.0. The fourth-order valence-electron chi connectivity index (χ4n) is 2.88. The van der Waals surface area contributed by atoms with Gasteiger partial charge in [0.2, 0.25) is 5.79 Å². The molecule has 0 saturated carbocycles. The van der Waals surface area contributed by atoms with Crippen LogP contribution in [0.3, 0.4) is 0 Å². The Morgan fingerprint density at radius 2 is 1.71 bits per heavy atom. The first kappa shape index (κ1) is 24.0. The molecule has 164 valence electrons. The Bertz CT molecular complexity index is 542. The average Bonchev–Trinajstić information content (AvgIpc) is 2.92. The number of amides is 1. The van der Waals surface area contributed by atoms with Crippen molar-refractivity contribution in [1.29, 1.82) is 0 Å². The van der Waals surface area contributed by atoms with Crippen LogP contribution in [0.25, 0.3) is 0 Å². The van der Waals surface area contributed by atoms with Gasteiger partial charge in [-0.2, -0.15) is 0 Å². The first-order valence-electron chi connectivity index (χ1n) is 8.26. The summed E-state index contributed by atoms with van der Waals surface area (Å²) < 4.78 is 19.9. The van der Waals surface area contributed by atoms with Crippen LogP contribution in [0.5, 0.6) is 0 Å². The Morgan fingerprint density at radius 3 is 2.21 bits per heavy atom. The van der Waals surface area contributed by atoms with E-state index >= 15 is 0 Å². The molecule has 0 aromatic carbocycles. The molecule has 9 N–H and O–H groups in total. The van der Waals surface area contributed by atoms with E-state index in [1.807, 2.05) is 0 Å². The highest BCUT2D eigenvalue weighted by molar-refractivity contribution is 14.1. The van der Waals surface area contributed by atoms with E-state index in [-0.39, 0.29) is 0 Å². The van der Waals surface area contributed by atoms with Crippen LogP contribution in [0.15, 0.2) is 0 Å². The monoisotopic (exact) mass is 525 g/mol. The largest absolute Gasteiger partial charge is 0.394 e. The van der Waals surface area contributed by atoms with Gasteiger partial charge in [0.1, 0.15) is 49.3 Å². The molecule has 0 aromatic rings. The van der Waals surface area contributed by atoms with E-state index in [1.54, 1.807) is 22.6 Å². The van der Waals surface area contributed by atoms with Crippen LogP contribution < -0.4 is 5.73 Å². The maximum atomic E-state index is 11.0. The molecule has 28 heavy (non-hydrogen) atoms. The number of carbonyl (C=O) groups is 1. The van der Waals surface area contributed by atoms with Crippen molar-refractivity contribution in [3.8, 4) is 0 Å². The highest BCUT2D eigenvalue weighted by Crippen LogP contribution is 2.36. The Balaban J connectivity index is 2.13. The van der Waals surface area contributed by atoms with E-state index in [9.17, 15) is 40.5 Å². The van der Waals surface area contributed by atoms with E-state index in [0.717, 1.165) is 0 Å². The van der Waals surface area contributed by atoms with Gasteiger partial charge in [-0.15, -0.1) is 0 Å². The van der Waals surface area contributed by atoms with Gasteiger partial charge in [0.25, 0.3) is 5.91 Å². The van der Waals surface area contributed by atoms with Crippen LogP contribution in [0.2, 0.25) is 0 Å². The third-order valence-corrected chi connectivity index (χ3v) is 5.49. The fraction of sp³-hybridized carbons (Fsp3) is 0.929. The highest BCUT2D eigenvalue weighted by atomic mass is 127. The van der Waals surface area contributed by atoms with Gasteiger partial charge in [0.15, 0.2) is 10.4 Å². The standard InChI is InChI=1S/C14H24INO12/c15-11(12(16)24)25-2-5-6(19)8(21)9(22)13(26-5)28-14(3-18)10(23)7(20)4(1-17)27-14/h4-11,13,17-23H,1-3H2,(H2,16,24)/t4-,5-,6-,7-,8+,9-,10+,11?,13-,14+/m1/s1. The SMILES string of the molecule is NC(=O)C(I)OC[C@H]1O[C@H](O[C@]2(CO)O[C@H](CO)[C@@H](O)[C@@H]2O)[C@H](O)[C@@H](O)[C@@H]1O. The van der Waals surface area contributed by atoms with Crippen LogP contribution in [-0.4, -0.2) is 120 Å². The predicted octanol–water partition coefficient (Wildman–Crippen LogP) is -5.12. The van der Waals surface area contributed by atoms with Crippen LogP contribution in [0, 0.1) is 0 Å². The minimum absolute atomic E-state index is 0.418. The molecule has 10 atom stereocenters. The van der Waals surface area contributed by atoms with Crippen molar-refractivity contribution in [2.45, 2.75) is 58.9 Å². The van der Waals surface area contributed by atoms with Gasteiger partial charge in [0.05, 0.1) is 13.2 Å². The van der Waals surface area contributed by atoms with Gasteiger partial charge in [-0.05, 0) is 22.6 Å². The lowest BCUT2D eigenvalue weighted by molar-refractivity contribution is -0.384. The van der Waals surface area contributed by atoms with Crippen molar-refractivity contribution in [2.24, 2.45) is 5.73 Å². The molecule has 0 spiro atoms. The maximum absolute atomic E-state index is 11.0.